The van der Waals surface area contributed by atoms with Crippen LogP contribution in [0.1, 0.15) is 50.9 Å². The van der Waals surface area contributed by atoms with Crippen LogP contribution in [0.25, 0.3) is 0 Å². The quantitative estimate of drug-likeness (QED) is 0.836. The van der Waals surface area contributed by atoms with Crippen LogP contribution in [0.2, 0.25) is 0 Å². The third kappa shape index (κ3) is 5.38. The van der Waals surface area contributed by atoms with Crippen LogP contribution in [0.3, 0.4) is 0 Å². The van der Waals surface area contributed by atoms with E-state index in [1.54, 1.807) is 6.20 Å². The lowest BCUT2D eigenvalue weighted by Crippen LogP contribution is -2.45. The Morgan fingerprint density at radius 1 is 1.25 bits per heavy atom. The molecule has 1 aromatic heterocycles. The minimum Gasteiger partial charge on any atom is -0.347 e. The molecule has 2 aromatic rings. The van der Waals surface area contributed by atoms with Gasteiger partial charge in [0, 0.05) is 24.7 Å². The molecule has 1 aliphatic rings. The van der Waals surface area contributed by atoms with Crippen molar-refractivity contribution in [1.29, 1.82) is 0 Å². The molecule has 0 radical (unpaired) electrons. The van der Waals surface area contributed by atoms with Crippen molar-refractivity contribution < 1.29 is 9.18 Å². The number of likely N-dealkylation sites (tertiary alicyclic amines) is 1. The zero-order valence-electron chi connectivity index (χ0n) is 17.0. The van der Waals surface area contributed by atoms with Crippen molar-refractivity contribution in [3.63, 3.8) is 0 Å². The van der Waals surface area contributed by atoms with Gasteiger partial charge in [0.2, 0.25) is 5.91 Å². The average Bonchev–Trinajstić information content (AvgIpc) is 2.68. The second-order valence-electron chi connectivity index (χ2n) is 8.72. The normalized spacial score (nSPS) is 19.2. The topological polar surface area (TPSA) is 45.2 Å². The smallest absolute Gasteiger partial charge is 0.225 e. The molecular weight excluding hydrogens is 353 g/mol. The van der Waals surface area contributed by atoms with Crippen molar-refractivity contribution in [2.24, 2.45) is 11.3 Å². The molecular formula is C23H30FN3O. The van der Waals surface area contributed by atoms with E-state index >= 15 is 0 Å². The first kappa shape index (κ1) is 20.5. The van der Waals surface area contributed by atoms with E-state index in [0.29, 0.717) is 0 Å². The Morgan fingerprint density at radius 3 is 2.64 bits per heavy atom. The van der Waals surface area contributed by atoms with Crippen molar-refractivity contribution >= 4 is 5.91 Å². The molecule has 3 rings (SSSR count). The molecule has 0 unspecified atom stereocenters. The highest BCUT2D eigenvalue weighted by molar-refractivity contribution is 5.81. The van der Waals surface area contributed by atoms with Crippen LogP contribution in [0.4, 0.5) is 4.39 Å². The lowest BCUT2D eigenvalue weighted by molar-refractivity contribution is -0.130. The van der Waals surface area contributed by atoms with E-state index in [4.69, 9.17) is 0 Å². The fourth-order valence-corrected chi connectivity index (χ4v) is 3.71. The first-order valence-electron chi connectivity index (χ1n) is 10.0. The number of halogens is 1. The van der Waals surface area contributed by atoms with Gasteiger partial charge in [-0.1, -0.05) is 39.0 Å². The summed E-state index contributed by atoms with van der Waals surface area (Å²) >= 11 is 0. The molecule has 2 heterocycles. The zero-order chi connectivity index (χ0) is 20.1. The molecule has 2 atom stereocenters. The van der Waals surface area contributed by atoms with E-state index in [9.17, 15) is 9.18 Å². The Balaban J connectivity index is 1.75. The summed E-state index contributed by atoms with van der Waals surface area (Å²) in [6.45, 7) is 8.47. The molecule has 1 fully saturated rings. The number of aromatic nitrogens is 1. The molecule has 4 nitrogen and oxygen atoms in total. The first-order valence-corrected chi connectivity index (χ1v) is 10.0. The maximum Gasteiger partial charge on any atom is 0.225 e. The number of hydrogen-bond donors (Lipinski definition) is 1. The number of carbonyl (C=O) groups is 1. The number of piperidine rings is 1. The van der Waals surface area contributed by atoms with Gasteiger partial charge in [-0.05, 0) is 55.1 Å². The number of benzene rings is 1. The maximum absolute atomic E-state index is 13.2. The van der Waals surface area contributed by atoms with Crippen LogP contribution < -0.4 is 5.32 Å². The fourth-order valence-electron chi connectivity index (χ4n) is 3.71. The molecule has 0 aliphatic carbocycles. The standard InChI is InChI=1S/C23H30FN3O/c1-23(2,3)22(28)26-21(20-8-4-5-13-25-20)18-7-6-14-27(16-18)15-17-9-11-19(24)12-10-17/h4-5,8-13,18,21H,6-7,14-16H2,1-3H3,(H,26,28)/t18-,21+/m1/s1. The highest BCUT2D eigenvalue weighted by atomic mass is 19.1. The van der Waals surface area contributed by atoms with Crippen LogP contribution in [0.5, 0.6) is 0 Å². The molecule has 0 spiro atoms. The average molecular weight is 384 g/mol. The predicted octanol–water partition coefficient (Wildman–Crippen LogP) is 4.34. The minimum atomic E-state index is -0.449. The van der Waals surface area contributed by atoms with Crippen LogP contribution >= 0.6 is 0 Å². The second kappa shape index (κ2) is 8.82. The summed E-state index contributed by atoms with van der Waals surface area (Å²) in [5.74, 6) is 0.120. The van der Waals surface area contributed by atoms with Gasteiger partial charge in [-0.15, -0.1) is 0 Å². The summed E-state index contributed by atoms with van der Waals surface area (Å²) in [4.78, 5) is 19.6. The van der Waals surface area contributed by atoms with Gasteiger partial charge in [0.15, 0.2) is 0 Å². The van der Waals surface area contributed by atoms with Crippen LogP contribution in [-0.2, 0) is 11.3 Å². The van der Waals surface area contributed by atoms with Crippen molar-refractivity contribution in [3.8, 4) is 0 Å². The first-order chi connectivity index (χ1) is 13.3. The Morgan fingerprint density at radius 2 is 2.00 bits per heavy atom. The van der Waals surface area contributed by atoms with E-state index in [0.717, 1.165) is 43.7 Å². The van der Waals surface area contributed by atoms with Gasteiger partial charge in [-0.2, -0.15) is 0 Å². The monoisotopic (exact) mass is 383 g/mol. The minimum absolute atomic E-state index is 0.0406. The highest BCUT2D eigenvalue weighted by Gasteiger charge is 2.33. The number of hydrogen-bond acceptors (Lipinski definition) is 3. The van der Waals surface area contributed by atoms with Crippen molar-refractivity contribution in [3.05, 3.63) is 65.7 Å². The number of pyridine rings is 1. The van der Waals surface area contributed by atoms with E-state index < -0.39 is 5.41 Å². The summed E-state index contributed by atoms with van der Waals surface area (Å²) in [6.07, 6.45) is 3.90. The lowest BCUT2D eigenvalue weighted by atomic mass is 9.86. The van der Waals surface area contributed by atoms with Gasteiger partial charge < -0.3 is 5.32 Å². The Kier molecular flexibility index (Phi) is 6.45. The number of rotatable bonds is 5. The molecule has 28 heavy (non-hydrogen) atoms. The molecule has 1 aromatic carbocycles. The van der Waals surface area contributed by atoms with E-state index in [-0.39, 0.29) is 23.7 Å². The van der Waals surface area contributed by atoms with Crippen molar-refractivity contribution in [2.75, 3.05) is 13.1 Å². The summed E-state index contributed by atoms with van der Waals surface area (Å²) in [5.41, 5.74) is 1.57. The van der Waals surface area contributed by atoms with Crippen LogP contribution in [0, 0.1) is 17.2 Å². The maximum atomic E-state index is 13.2. The number of nitrogens with zero attached hydrogens (tertiary/aromatic N) is 2. The van der Waals surface area contributed by atoms with E-state index in [2.05, 4.69) is 15.2 Å². The summed E-state index contributed by atoms with van der Waals surface area (Å²) in [7, 11) is 0. The van der Waals surface area contributed by atoms with Gasteiger partial charge in [-0.3, -0.25) is 14.7 Å². The summed E-state index contributed by atoms with van der Waals surface area (Å²) in [6, 6.07) is 12.5. The third-order valence-corrected chi connectivity index (χ3v) is 5.31. The van der Waals surface area contributed by atoms with Crippen LogP contribution in [0.15, 0.2) is 48.7 Å². The largest absolute Gasteiger partial charge is 0.347 e. The van der Waals surface area contributed by atoms with Gasteiger partial charge in [0.1, 0.15) is 5.82 Å². The molecule has 5 heteroatoms. The highest BCUT2D eigenvalue weighted by Crippen LogP contribution is 2.31. The van der Waals surface area contributed by atoms with Crippen LogP contribution in [-0.4, -0.2) is 28.9 Å². The van der Waals surface area contributed by atoms with Crippen molar-refractivity contribution in [1.82, 2.24) is 15.2 Å². The molecule has 150 valence electrons. The summed E-state index contributed by atoms with van der Waals surface area (Å²) < 4.78 is 13.2. The second-order valence-corrected chi connectivity index (χ2v) is 8.72. The Hall–Kier alpha value is -2.27. The molecule has 1 amide bonds. The number of nitrogens with one attached hydrogen (secondary N) is 1. The van der Waals surface area contributed by atoms with E-state index in [1.165, 1.54) is 12.1 Å². The van der Waals surface area contributed by atoms with Crippen molar-refractivity contribution in [2.45, 2.75) is 46.2 Å². The SMILES string of the molecule is CC(C)(C)C(=O)N[C@H](c1ccccn1)[C@@H]1CCCN(Cc2ccc(F)cc2)C1. The van der Waals surface area contributed by atoms with E-state index in [1.807, 2.05) is 51.1 Å². The van der Waals surface area contributed by atoms with Gasteiger partial charge in [0.05, 0.1) is 11.7 Å². The number of amides is 1. The Bertz CT molecular complexity index is 771. The molecule has 1 saturated heterocycles. The zero-order valence-corrected chi connectivity index (χ0v) is 17.0. The third-order valence-electron chi connectivity index (χ3n) is 5.31. The molecule has 1 aliphatic heterocycles. The Labute approximate surface area is 167 Å². The van der Waals surface area contributed by atoms with Gasteiger partial charge in [-0.25, -0.2) is 4.39 Å². The van der Waals surface area contributed by atoms with Gasteiger partial charge in [0.25, 0.3) is 0 Å². The van der Waals surface area contributed by atoms with Gasteiger partial charge >= 0.3 is 0 Å². The molecule has 1 N–H and O–H groups in total. The molecule has 0 saturated carbocycles. The fraction of sp³-hybridized carbons (Fsp3) is 0.478. The predicted molar refractivity (Wildman–Crippen MR) is 109 cm³/mol. The lowest BCUT2D eigenvalue weighted by Gasteiger charge is -2.38. The summed E-state index contributed by atoms with van der Waals surface area (Å²) in [5, 5.41) is 3.26. The number of carbonyl (C=O) groups excluding carboxylic acids is 1. The molecule has 0 bridgehead atoms.